The Morgan fingerprint density at radius 3 is 3.11 bits per heavy atom. The van der Waals surface area contributed by atoms with Crippen molar-refractivity contribution < 1.29 is 4.74 Å². The predicted molar refractivity (Wildman–Crippen MR) is 79.8 cm³/mol. The van der Waals surface area contributed by atoms with E-state index in [9.17, 15) is 4.79 Å². The molecular weight excluding hydrogens is 280 g/mol. The molecule has 6 heteroatoms. The highest BCUT2D eigenvalue weighted by molar-refractivity contribution is 7.71. The molecule has 0 unspecified atom stereocenters. The maximum atomic E-state index is 12.6. The minimum Gasteiger partial charge on any atom is -0.385 e. The van der Waals surface area contributed by atoms with Crippen LogP contribution in [0.4, 0.5) is 0 Å². The second-order valence-corrected chi connectivity index (χ2v) is 6.29. The predicted octanol–water partition coefficient (Wildman–Crippen LogP) is 2.65. The number of aromatic nitrogens is 2. The van der Waals surface area contributed by atoms with Gasteiger partial charge in [-0.15, -0.1) is 11.3 Å². The maximum absolute atomic E-state index is 12.6. The Labute approximate surface area is 120 Å². The van der Waals surface area contributed by atoms with Crippen LogP contribution in [-0.4, -0.2) is 23.3 Å². The monoisotopic (exact) mass is 296 g/mol. The summed E-state index contributed by atoms with van der Waals surface area (Å²) in [5.74, 6) is 0. The molecule has 0 aromatic carbocycles. The average Bonchev–Trinajstić information content (AvgIpc) is 2.93. The molecule has 3 rings (SSSR count). The van der Waals surface area contributed by atoms with Crippen molar-refractivity contribution >= 4 is 33.8 Å². The van der Waals surface area contributed by atoms with E-state index in [1.165, 1.54) is 10.4 Å². The molecule has 1 aliphatic carbocycles. The zero-order valence-electron chi connectivity index (χ0n) is 10.8. The summed E-state index contributed by atoms with van der Waals surface area (Å²) in [6.07, 6.45) is 4.08. The molecule has 102 valence electrons. The number of hydrogen-bond acceptors (Lipinski definition) is 4. The summed E-state index contributed by atoms with van der Waals surface area (Å²) in [5, 5.41) is 0.864. The van der Waals surface area contributed by atoms with Crippen LogP contribution in [-0.2, 0) is 24.1 Å². The van der Waals surface area contributed by atoms with E-state index in [1.807, 2.05) is 0 Å². The zero-order valence-corrected chi connectivity index (χ0v) is 12.5. The molecule has 2 aromatic heterocycles. The molecule has 2 aromatic rings. The van der Waals surface area contributed by atoms with Gasteiger partial charge in [-0.2, -0.15) is 0 Å². The quantitative estimate of drug-likeness (QED) is 0.697. The third kappa shape index (κ3) is 2.17. The highest BCUT2D eigenvalue weighted by Gasteiger charge is 2.21. The fourth-order valence-corrected chi connectivity index (χ4v) is 4.30. The first-order valence-corrected chi connectivity index (χ1v) is 7.71. The van der Waals surface area contributed by atoms with Gasteiger partial charge in [0, 0.05) is 25.1 Å². The van der Waals surface area contributed by atoms with Gasteiger partial charge >= 0.3 is 0 Å². The van der Waals surface area contributed by atoms with E-state index in [4.69, 9.17) is 17.0 Å². The van der Waals surface area contributed by atoms with Gasteiger partial charge in [-0.1, -0.05) is 0 Å². The first-order valence-electron chi connectivity index (χ1n) is 6.48. The van der Waals surface area contributed by atoms with Crippen molar-refractivity contribution in [3.8, 4) is 0 Å². The summed E-state index contributed by atoms with van der Waals surface area (Å²) in [4.78, 5) is 18.1. The molecule has 0 bridgehead atoms. The molecule has 0 saturated carbocycles. The summed E-state index contributed by atoms with van der Waals surface area (Å²) in [7, 11) is 1.67. The molecular formula is C13H16N2O2S2. The van der Waals surface area contributed by atoms with E-state index in [2.05, 4.69) is 4.98 Å². The number of rotatable bonds is 4. The van der Waals surface area contributed by atoms with Gasteiger partial charge in [0.1, 0.15) is 4.83 Å². The number of nitrogens with one attached hydrogen (secondary N) is 1. The first-order chi connectivity index (χ1) is 9.22. The third-order valence-corrected chi connectivity index (χ3v) is 5.11. The molecule has 1 N–H and O–H groups in total. The average molecular weight is 296 g/mol. The van der Waals surface area contributed by atoms with Crippen LogP contribution in [0.2, 0.25) is 0 Å². The Morgan fingerprint density at radius 2 is 2.32 bits per heavy atom. The minimum atomic E-state index is 0.0641. The van der Waals surface area contributed by atoms with Crippen LogP contribution in [0.1, 0.15) is 23.3 Å². The number of aryl methyl sites for hydroxylation is 2. The zero-order chi connectivity index (χ0) is 13.4. The number of methoxy groups -OCH3 is 1. The number of ether oxygens (including phenoxy) is 1. The summed E-state index contributed by atoms with van der Waals surface area (Å²) in [6, 6.07) is 0. The molecule has 0 amide bonds. The minimum absolute atomic E-state index is 0.0641. The number of aromatic amines is 1. The van der Waals surface area contributed by atoms with Crippen LogP contribution in [0.5, 0.6) is 0 Å². The largest absolute Gasteiger partial charge is 0.385 e. The smallest absolute Gasteiger partial charge is 0.263 e. The van der Waals surface area contributed by atoms with Gasteiger partial charge < -0.3 is 9.72 Å². The van der Waals surface area contributed by atoms with E-state index in [1.54, 1.807) is 23.0 Å². The molecule has 0 spiro atoms. The molecule has 19 heavy (non-hydrogen) atoms. The third-order valence-electron chi connectivity index (χ3n) is 3.58. The summed E-state index contributed by atoms with van der Waals surface area (Å²) < 4.78 is 7.22. The van der Waals surface area contributed by atoms with Crippen LogP contribution >= 0.6 is 23.6 Å². The van der Waals surface area contributed by atoms with E-state index in [0.717, 1.165) is 35.9 Å². The Morgan fingerprint density at radius 1 is 1.47 bits per heavy atom. The van der Waals surface area contributed by atoms with E-state index in [0.29, 0.717) is 17.9 Å². The van der Waals surface area contributed by atoms with Crippen molar-refractivity contribution in [3.05, 3.63) is 25.6 Å². The SMILES string of the molecule is COCCCn1c(=S)[nH]c2sc3c(c2c1=O)CCC3. The molecule has 4 nitrogen and oxygen atoms in total. The lowest BCUT2D eigenvalue weighted by atomic mass is 10.2. The number of thiophene rings is 1. The fourth-order valence-electron chi connectivity index (χ4n) is 2.68. The molecule has 0 aliphatic heterocycles. The normalized spacial score (nSPS) is 14.2. The maximum Gasteiger partial charge on any atom is 0.263 e. The Hall–Kier alpha value is -0.980. The highest BCUT2D eigenvalue weighted by Crippen LogP contribution is 2.34. The van der Waals surface area contributed by atoms with Gasteiger partial charge in [0.25, 0.3) is 5.56 Å². The Bertz CT molecular complexity index is 727. The summed E-state index contributed by atoms with van der Waals surface area (Å²) in [5.41, 5.74) is 1.31. The molecule has 0 radical (unpaired) electrons. The molecule has 0 fully saturated rings. The molecule has 2 heterocycles. The fraction of sp³-hybridized carbons (Fsp3) is 0.538. The van der Waals surface area contributed by atoms with Gasteiger partial charge in [-0.3, -0.25) is 9.36 Å². The number of H-pyrrole nitrogens is 1. The second kappa shape index (κ2) is 5.19. The van der Waals surface area contributed by atoms with Crippen LogP contribution in [0.15, 0.2) is 4.79 Å². The van der Waals surface area contributed by atoms with Crippen molar-refractivity contribution in [1.29, 1.82) is 0 Å². The van der Waals surface area contributed by atoms with Crippen molar-refractivity contribution in [3.63, 3.8) is 0 Å². The van der Waals surface area contributed by atoms with Gasteiger partial charge in [0.05, 0.1) is 5.39 Å². The Balaban J connectivity index is 2.13. The van der Waals surface area contributed by atoms with Gasteiger partial charge in [-0.05, 0) is 43.5 Å². The van der Waals surface area contributed by atoms with Crippen molar-refractivity contribution in [2.24, 2.45) is 0 Å². The molecule has 1 aliphatic rings. The van der Waals surface area contributed by atoms with Crippen LogP contribution < -0.4 is 5.56 Å². The summed E-state index contributed by atoms with van der Waals surface area (Å²) in [6.45, 7) is 1.25. The highest BCUT2D eigenvalue weighted by atomic mass is 32.1. The van der Waals surface area contributed by atoms with Crippen LogP contribution in [0.25, 0.3) is 10.2 Å². The van der Waals surface area contributed by atoms with E-state index in [-0.39, 0.29) is 5.56 Å². The number of fused-ring (bicyclic) bond motifs is 3. The van der Waals surface area contributed by atoms with E-state index < -0.39 is 0 Å². The number of hydrogen-bond donors (Lipinski definition) is 1. The van der Waals surface area contributed by atoms with Gasteiger partial charge in [0.15, 0.2) is 4.77 Å². The van der Waals surface area contributed by atoms with Gasteiger partial charge in [0.2, 0.25) is 0 Å². The van der Waals surface area contributed by atoms with Crippen molar-refractivity contribution in [2.45, 2.75) is 32.2 Å². The second-order valence-electron chi connectivity index (χ2n) is 4.79. The van der Waals surface area contributed by atoms with E-state index >= 15 is 0 Å². The standard InChI is InChI=1S/C13H16N2O2S2/c1-17-7-3-6-15-12(16)10-8-4-2-5-9(8)19-11(10)14-13(15)18/h2-7H2,1H3,(H,14,18). The van der Waals surface area contributed by atoms with Crippen molar-refractivity contribution in [2.75, 3.05) is 13.7 Å². The first kappa shape index (κ1) is 13.0. The van der Waals surface area contributed by atoms with Crippen LogP contribution in [0, 0.1) is 4.77 Å². The molecule has 0 atom stereocenters. The topological polar surface area (TPSA) is 47.0 Å². The lowest BCUT2D eigenvalue weighted by Gasteiger charge is -2.06. The van der Waals surface area contributed by atoms with Gasteiger partial charge in [-0.25, -0.2) is 0 Å². The lowest BCUT2D eigenvalue weighted by Crippen LogP contribution is -2.23. The molecule has 0 saturated heterocycles. The Kier molecular flexibility index (Phi) is 3.56. The van der Waals surface area contributed by atoms with Crippen LogP contribution in [0.3, 0.4) is 0 Å². The summed E-state index contributed by atoms with van der Waals surface area (Å²) >= 11 is 6.99. The van der Waals surface area contributed by atoms with Crippen molar-refractivity contribution in [1.82, 2.24) is 9.55 Å². The number of nitrogens with zero attached hydrogens (tertiary/aromatic N) is 1. The lowest BCUT2D eigenvalue weighted by molar-refractivity contribution is 0.189.